The third-order valence-corrected chi connectivity index (χ3v) is 11.3. The Bertz CT molecular complexity index is 2430. The number of hydrogen-bond acceptors (Lipinski definition) is 1. The predicted molar refractivity (Wildman–Crippen MR) is 188 cm³/mol. The Morgan fingerprint density at radius 2 is 0.932 bits per heavy atom. The lowest BCUT2D eigenvalue weighted by atomic mass is 9.81. The van der Waals surface area contributed by atoms with Gasteiger partial charge in [-0.25, -0.2) is 4.98 Å². The van der Waals surface area contributed by atoms with Gasteiger partial charge in [0.2, 0.25) is 5.78 Å². The number of fused-ring (bicyclic) bond motifs is 13. The van der Waals surface area contributed by atoms with Crippen molar-refractivity contribution in [1.29, 1.82) is 0 Å². The number of rotatable bonds is 2. The minimum absolute atomic E-state index is 0.955. The van der Waals surface area contributed by atoms with Crippen LogP contribution < -0.4 is 5.19 Å². The molecule has 2 aromatic heterocycles. The summed E-state index contributed by atoms with van der Waals surface area (Å²) in [6.45, 7) is 7.21. The highest BCUT2D eigenvalue weighted by atomic mass is 28.3. The van der Waals surface area contributed by atoms with Gasteiger partial charge < -0.3 is 0 Å². The summed E-state index contributed by atoms with van der Waals surface area (Å²) in [6, 6.07) is 48.9. The van der Waals surface area contributed by atoms with E-state index in [9.17, 15) is 0 Å². The summed E-state index contributed by atoms with van der Waals surface area (Å²) in [4.78, 5) is 5.41. The highest BCUT2D eigenvalue weighted by Gasteiger charge is 2.26. The van der Waals surface area contributed by atoms with E-state index in [2.05, 4.69) is 162 Å². The van der Waals surface area contributed by atoms with Gasteiger partial charge >= 0.3 is 0 Å². The van der Waals surface area contributed by atoms with Gasteiger partial charge in [-0.1, -0.05) is 123 Å². The Hall–Kier alpha value is -5.19. The Balaban J connectivity index is 1.39. The molecule has 0 saturated heterocycles. The summed E-state index contributed by atoms with van der Waals surface area (Å²) in [6.07, 6.45) is 0. The van der Waals surface area contributed by atoms with Gasteiger partial charge in [0.25, 0.3) is 0 Å². The lowest BCUT2D eigenvalue weighted by Crippen LogP contribution is -2.38. The molecule has 0 radical (unpaired) electrons. The van der Waals surface area contributed by atoms with E-state index in [0.717, 1.165) is 22.5 Å². The van der Waals surface area contributed by atoms with E-state index in [1.807, 2.05) is 0 Å². The Morgan fingerprint density at radius 3 is 1.50 bits per heavy atom. The van der Waals surface area contributed by atoms with Crippen LogP contribution in [-0.4, -0.2) is 22.0 Å². The van der Waals surface area contributed by atoms with Gasteiger partial charge in [-0.05, 0) is 80.0 Å². The average molecular weight is 582 g/mol. The molecule has 0 bridgehead atoms. The summed E-state index contributed by atoms with van der Waals surface area (Å²) >= 11 is 0. The number of para-hydroxylation sites is 3. The molecule has 0 N–H and O–H groups in total. The van der Waals surface area contributed by atoms with E-state index in [-0.39, 0.29) is 0 Å². The van der Waals surface area contributed by atoms with Gasteiger partial charge in [-0.2, -0.15) is 0 Å². The molecule has 44 heavy (non-hydrogen) atoms. The van der Waals surface area contributed by atoms with E-state index in [1.165, 1.54) is 60.7 Å². The minimum atomic E-state index is -1.62. The van der Waals surface area contributed by atoms with Crippen molar-refractivity contribution in [1.82, 2.24) is 14.0 Å². The molecule has 0 fully saturated rings. The van der Waals surface area contributed by atoms with E-state index < -0.39 is 8.07 Å². The highest BCUT2D eigenvalue weighted by Crippen LogP contribution is 2.48. The van der Waals surface area contributed by atoms with Crippen LogP contribution >= 0.6 is 0 Å². The highest BCUT2D eigenvalue weighted by molar-refractivity contribution is 6.90. The second-order valence-corrected chi connectivity index (χ2v) is 17.9. The SMILES string of the molecule is C[Si](C)(C)c1cccc2c1nc1n(-c3ccc4c(c3)-c3ccccc3-c3ccccc3-c3ccccc3-4)c3ccccc3n21. The van der Waals surface area contributed by atoms with Crippen molar-refractivity contribution in [2.75, 3.05) is 0 Å². The maximum absolute atomic E-state index is 5.41. The smallest absolute Gasteiger partial charge is 0.220 e. The molecule has 2 heterocycles. The zero-order valence-corrected chi connectivity index (χ0v) is 26.0. The molecular formula is C40H31N3Si. The van der Waals surface area contributed by atoms with Crippen LogP contribution in [0.2, 0.25) is 19.6 Å². The molecule has 210 valence electrons. The molecule has 4 heteroatoms. The molecule has 0 spiro atoms. The predicted octanol–water partition coefficient (Wildman–Crippen LogP) is 9.96. The summed E-state index contributed by atoms with van der Waals surface area (Å²) in [5, 5.41) is 1.40. The zero-order valence-electron chi connectivity index (χ0n) is 25.0. The third kappa shape index (κ3) is 3.52. The van der Waals surface area contributed by atoms with Crippen molar-refractivity contribution in [3.05, 3.63) is 133 Å². The number of benzene rings is 6. The Kier molecular flexibility index (Phi) is 5.27. The maximum Gasteiger partial charge on any atom is 0.220 e. The Labute approximate surface area is 257 Å². The number of imidazole rings is 2. The number of hydrogen-bond donors (Lipinski definition) is 0. The zero-order chi connectivity index (χ0) is 29.6. The molecule has 0 atom stereocenters. The largest absolute Gasteiger partial charge is 0.278 e. The van der Waals surface area contributed by atoms with Crippen LogP contribution in [-0.2, 0) is 0 Å². The maximum atomic E-state index is 5.41. The molecule has 9 rings (SSSR count). The van der Waals surface area contributed by atoms with Crippen molar-refractivity contribution in [3.63, 3.8) is 0 Å². The molecule has 8 aromatic rings. The van der Waals surface area contributed by atoms with Gasteiger partial charge in [0.05, 0.1) is 30.1 Å². The molecule has 1 aliphatic rings. The van der Waals surface area contributed by atoms with Crippen molar-refractivity contribution >= 4 is 41.1 Å². The van der Waals surface area contributed by atoms with Crippen LogP contribution in [0.3, 0.4) is 0 Å². The van der Waals surface area contributed by atoms with Crippen LogP contribution in [0, 0.1) is 0 Å². The van der Waals surface area contributed by atoms with Crippen LogP contribution in [0.4, 0.5) is 0 Å². The van der Waals surface area contributed by atoms with E-state index in [0.29, 0.717) is 0 Å². The van der Waals surface area contributed by atoms with E-state index in [1.54, 1.807) is 0 Å². The van der Waals surface area contributed by atoms with Gasteiger partial charge in [0.1, 0.15) is 0 Å². The molecule has 0 aliphatic heterocycles. The molecule has 0 unspecified atom stereocenters. The summed E-state index contributed by atoms with van der Waals surface area (Å²) in [5.41, 5.74) is 15.8. The summed E-state index contributed by atoms with van der Waals surface area (Å²) < 4.78 is 4.70. The van der Waals surface area contributed by atoms with Crippen LogP contribution in [0.25, 0.3) is 78.0 Å². The first-order valence-corrected chi connectivity index (χ1v) is 18.8. The van der Waals surface area contributed by atoms with Crippen LogP contribution in [0.1, 0.15) is 0 Å². The fraction of sp³-hybridized carbons (Fsp3) is 0.0750. The molecule has 0 amide bonds. The second-order valence-electron chi connectivity index (χ2n) is 12.9. The summed E-state index contributed by atoms with van der Waals surface area (Å²) in [7, 11) is -1.62. The van der Waals surface area contributed by atoms with Crippen molar-refractivity contribution in [2.24, 2.45) is 0 Å². The first-order chi connectivity index (χ1) is 21.5. The normalized spacial score (nSPS) is 12.4. The van der Waals surface area contributed by atoms with E-state index in [4.69, 9.17) is 4.98 Å². The van der Waals surface area contributed by atoms with Gasteiger partial charge in [0.15, 0.2) is 0 Å². The van der Waals surface area contributed by atoms with Crippen LogP contribution in [0.5, 0.6) is 0 Å². The number of aromatic nitrogens is 3. The van der Waals surface area contributed by atoms with Crippen molar-refractivity contribution in [2.45, 2.75) is 19.6 Å². The molecular weight excluding hydrogens is 551 g/mol. The second kappa shape index (κ2) is 9.15. The lowest BCUT2D eigenvalue weighted by Gasteiger charge is -2.23. The average Bonchev–Trinajstić information content (AvgIpc) is 3.58. The topological polar surface area (TPSA) is 22.2 Å². The van der Waals surface area contributed by atoms with Crippen LogP contribution in [0.15, 0.2) is 133 Å². The van der Waals surface area contributed by atoms with E-state index >= 15 is 0 Å². The quantitative estimate of drug-likeness (QED) is 0.186. The lowest BCUT2D eigenvalue weighted by molar-refractivity contribution is 1.11. The van der Waals surface area contributed by atoms with Crippen molar-refractivity contribution < 1.29 is 0 Å². The van der Waals surface area contributed by atoms with Crippen molar-refractivity contribution in [3.8, 4) is 50.2 Å². The summed E-state index contributed by atoms with van der Waals surface area (Å²) in [5.74, 6) is 0.955. The molecule has 1 aliphatic carbocycles. The molecule has 6 aromatic carbocycles. The Morgan fingerprint density at radius 1 is 0.455 bits per heavy atom. The van der Waals surface area contributed by atoms with Gasteiger partial charge in [-0.3, -0.25) is 8.97 Å². The monoisotopic (exact) mass is 581 g/mol. The third-order valence-electron chi connectivity index (χ3n) is 9.24. The van der Waals surface area contributed by atoms with Gasteiger partial charge in [0, 0.05) is 5.69 Å². The fourth-order valence-corrected chi connectivity index (χ4v) is 8.76. The first kappa shape index (κ1) is 25.3. The molecule has 3 nitrogen and oxygen atoms in total. The van der Waals surface area contributed by atoms with Gasteiger partial charge in [-0.15, -0.1) is 0 Å². The first-order valence-electron chi connectivity index (χ1n) is 15.3. The molecule has 0 saturated carbocycles. The number of nitrogens with zero attached hydrogens (tertiary/aromatic N) is 3. The minimum Gasteiger partial charge on any atom is -0.278 e. The standard InChI is InChI=1S/C40H31N3Si/c1-44(2,3)38-22-12-21-37-39(38)41-40-42(35-19-10-11-20-36(35)43(37)40)26-23-24-33-31-17-7-6-15-29(31)27-13-4-5-14-28(27)30-16-8-9-18-32(30)34(33)25-26/h4-25H,1-3H3. The fourth-order valence-electron chi connectivity index (χ4n) is 7.27.